The molecule has 0 aliphatic rings. The van der Waals surface area contributed by atoms with E-state index in [1.165, 1.54) is 23.0 Å². The van der Waals surface area contributed by atoms with E-state index in [0.29, 0.717) is 30.9 Å². The summed E-state index contributed by atoms with van der Waals surface area (Å²) in [5.41, 5.74) is 5.04. The number of aryl methyl sites for hydroxylation is 2. The number of nitrogens with two attached hydrogens (primary N) is 1. The molecule has 0 aromatic carbocycles. The van der Waals surface area contributed by atoms with Crippen LogP contribution in [-0.2, 0) is 22.6 Å². The topological polar surface area (TPSA) is 209 Å². The molecular weight excluding hydrogens is 479 g/mol. The zero-order valence-corrected chi connectivity index (χ0v) is 18.2. The van der Waals surface area contributed by atoms with Gasteiger partial charge in [0.15, 0.2) is 5.96 Å². The van der Waals surface area contributed by atoms with E-state index in [1.807, 2.05) is 0 Å². The third-order valence-electron chi connectivity index (χ3n) is 3.83. The summed E-state index contributed by atoms with van der Waals surface area (Å²) in [6, 6.07) is 1.48. The minimum absolute atomic E-state index is 0.171. The number of nitrogens with one attached hydrogen (secondary N) is 2. The molecule has 0 saturated heterocycles. The number of unbranched alkanes of at least 4 members (excludes halogenated alkanes) is 2. The Bertz CT molecular complexity index is 1080. The number of aromatic amines is 1. The number of carbonyl (C=O) groups is 2. The Morgan fingerprint density at radius 2 is 1.86 bits per heavy atom. The number of aliphatic imine (C=N–C) groups is 1. The van der Waals surface area contributed by atoms with Gasteiger partial charge >= 0.3 is 23.8 Å². The van der Waals surface area contributed by atoms with Crippen molar-refractivity contribution in [3.05, 3.63) is 46.9 Å². The number of rotatable bonds is 10. The zero-order chi connectivity index (χ0) is 26.4. The number of alkyl halides is 3. The fourth-order valence-electron chi connectivity index (χ4n) is 2.41. The SMILES string of the molecule is NC(=NCC(F)(F)F)Nc1ccnc(CCCCCn2cc(O)[nH]c2=O)n1.O=C(O)C=CC(=O)O. The summed E-state index contributed by atoms with van der Waals surface area (Å²) in [7, 11) is 0. The number of aromatic nitrogens is 4. The number of anilines is 1. The lowest BCUT2D eigenvalue weighted by atomic mass is 10.2. The van der Waals surface area contributed by atoms with Crippen LogP contribution in [0.4, 0.5) is 19.0 Å². The van der Waals surface area contributed by atoms with Crippen LogP contribution in [0.5, 0.6) is 5.88 Å². The third kappa shape index (κ3) is 13.7. The summed E-state index contributed by atoms with van der Waals surface area (Å²) in [4.78, 5) is 44.2. The van der Waals surface area contributed by atoms with Crippen LogP contribution in [-0.4, -0.2) is 65.5 Å². The largest absolute Gasteiger partial charge is 0.493 e. The Labute approximate surface area is 195 Å². The van der Waals surface area contributed by atoms with Gasteiger partial charge in [0.2, 0.25) is 5.88 Å². The summed E-state index contributed by atoms with van der Waals surface area (Å²) in [5, 5.41) is 27.3. The van der Waals surface area contributed by atoms with E-state index in [1.54, 1.807) is 0 Å². The smallest absolute Gasteiger partial charge is 0.408 e. The first kappa shape index (κ1) is 28.7. The molecule has 0 saturated carbocycles. The van der Waals surface area contributed by atoms with Gasteiger partial charge in [0.1, 0.15) is 18.2 Å². The Morgan fingerprint density at radius 3 is 2.40 bits per heavy atom. The Morgan fingerprint density at radius 1 is 1.20 bits per heavy atom. The van der Waals surface area contributed by atoms with E-state index in [-0.39, 0.29) is 23.3 Å². The number of aromatic hydroxyl groups is 1. The number of halogens is 3. The quantitative estimate of drug-likeness (QED) is 0.118. The summed E-state index contributed by atoms with van der Waals surface area (Å²) in [6.45, 7) is -0.893. The minimum atomic E-state index is -4.42. The van der Waals surface area contributed by atoms with Gasteiger partial charge < -0.3 is 26.4 Å². The first-order valence-corrected chi connectivity index (χ1v) is 9.93. The van der Waals surface area contributed by atoms with Crippen molar-refractivity contribution >= 4 is 23.7 Å². The number of hydrogen-bond acceptors (Lipinski definition) is 7. The van der Waals surface area contributed by atoms with Crippen molar-refractivity contribution < 1.29 is 38.1 Å². The van der Waals surface area contributed by atoms with Gasteiger partial charge in [-0.3, -0.25) is 9.55 Å². The zero-order valence-electron chi connectivity index (χ0n) is 18.2. The standard InChI is InChI=1S/C15H20F3N7O2.C4H4O4/c16-15(17,18)9-21-13(19)23-11-5-6-20-10(22-11)4-2-1-3-7-25-8-12(26)24-14(25)27;5-3(6)1-2-4(7)8/h5-6,8,26H,1-4,7,9H2,(H,24,27)(H3,19,20,21,22,23);1-2H,(H,5,6)(H,7,8). The molecule has 0 unspecified atom stereocenters. The molecule has 0 aliphatic heterocycles. The van der Waals surface area contributed by atoms with Crippen molar-refractivity contribution in [2.45, 2.75) is 38.4 Å². The third-order valence-corrected chi connectivity index (χ3v) is 3.83. The van der Waals surface area contributed by atoms with Crippen molar-refractivity contribution in [2.75, 3.05) is 11.9 Å². The number of hydrogen-bond donors (Lipinski definition) is 6. The molecule has 2 aromatic rings. The lowest BCUT2D eigenvalue weighted by molar-refractivity contribution is -0.134. The lowest BCUT2D eigenvalue weighted by Gasteiger charge is -2.07. The minimum Gasteiger partial charge on any atom is -0.493 e. The molecule has 13 nitrogen and oxygen atoms in total. The highest BCUT2D eigenvalue weighted by molar-refractivity contribution is 5.91. The van der Waals surface area contributed by atoms with Crippen molar-refractivity contribution in [2.24, 2.45) is 10.7 Å². The van der Waals surface area contributed by atoms with Crippen LogP contribution >= 0.6 is 0 Å². The molecule has 35 heavy (non-hydrogen) atoms. The maximum atomic E-state index is 12.1. The van der Waals surface area contributed by atoms with E-state index >= 15 is 0 Å². The Kier molecular flexibility index (Phi) is 11.5. The van der Waals surface area contributed by atoms with Gasteiger partial charge in [-0.25, -0.2) is 29.3 Å². The number of guanidine groups is 1. The van der Waals surface area contributed by atoms with Crippen LogP contribution in [0, 0.1) is 0 Å². The van der Waals surface area contributed by atoms with Crippen molar-refractivity contribution in [1.29, 1.82) is 0 Å². The first-order chi connectivity index (χ1) is 16.4. The molecule has 0 spiro atoms. The second kappa shape index (κ2) is 14.0. The molecule has 192 valence electrons. The summed E-state index contributed by atoms with van der Waals surface area (Å²) < 4.78 is 37.7. The van der Waals surface area contributed by atoms with E-state index in [4.69, 9.17) is 15.9 Å². The molecule has 2 heterocycles. The number of H-pyrrole nitrogens is 1. The van der Waals surface area contributed by atoms with Crippen LogP contribution in [0.25, 0.3) is 0 Å². The van der Waals surface area contributed by atoms with Crippen LogP contribution in [0.2, 0.25) is 0 Å². The highest BCUT2D eigenvalue weighted by Crippen LogP contribution is 2.14. The first-order valence-electron chi connectivity index (χ1n) is 9.93. The maximum Gasteiger partial charge on any atom is 0.408 e. The molecule has 2 rings (SSSR count). The van der Waals surface area contributed by atoms with Crippen molar-refractivity contribution in [3.8, 4) is 5.88 Å². The predicted molar refractivity (Wildman–Crippen MR) is 117 cm³/mol. The highest BCUT2D eigenvalue weighted by Gasteiger charge is 2.26. The Balaban J connectivity index is 0.000000658. The molecule has 0 amide bonds. The number of carboxylic acid groups (broad SMARTS) is 2. The predicted octanol–water partition coefficient (Wildman–Crippen LogP) is 1.09. The number of imidazole rings is 1. The van der Waals surface area contributed by atoms with Gasteiger partial charge in [0.05, 0.1) is 6.20 Å². The van der Waals surface area contributed by atoms with Crippen molar-refractivity contribution in [1.82, 2.24) is 19.5 Å². The van der Waals surface area contributed by atoms with Crippen molar-refractivity contribution in [3.63, 3.8) is 0 Å². The van der Waals surface area contributed by atoms with E-state index in [0.717, 1.165) is 19.3 Å². The average molecular weight is 503 g/mol. The van der Waals surface area contributed by atoms with Crippen LogP contribution in [0.3, 0.4) is 0 Å². The van der Waals surface area contributed by atoms with Crippen LogP contribution in [0.15, 0.2) is 40.4 Å². The molecule has 0 aliphatic carbocycles. The molecule has 0 fully saturated rings. The van der Waals surface area contributed by atoms with Gasteiger partial charge in [-0.15, -0.1) is 0 Å². The van der Waals surface area contributed by atoms with Crippen LogP contribution < -0.4 is 16.7 Å². The molecule has 0 atom stereocenters. The van der Waals surface area contributed by atoms with Gasteiger partial charge in [0, 0.05) is 31.3 Å². The summed E-state index contributed by atoms with van der Waals surface area (Å²) >= 11 is 0. The molecule has 0 radical (unpaired) electrons. The van der Waals surface area contributed by atoms with Gasteiger partial charge in [-0.05, 0) is 18.9 Å². The second-order valence-corrected chi connectivity index (χ2v) is 6.76. The fraction of sp³-hybridized carbons (Fsp3) is 0.368. The number of aliphatic carboxylic acids is 2. The normalized spacial score (nSPS) is 11.7. The monoisotopic (exact) mass is 503 g/mol. The average Bonchev–Trinajstić information content (AvgIpc) is 3.07. The van der Waals surface area contributed by atoms with Gasteiger partial charge in [0.25, 0.3) is 0 Å². The number of nitrogens with zero attached hydrogens (tertiary/aromatic N) is 4. The fourth-order valence-corrected chi connectivity index (χ4v) is 2.41. The molecule has 7 N–H and O–H groups in total. The highest BCUT2D eigenvalue weighted by atomic mass is 19.4. The van der Waals surface area contributed by atoms with E-state index in [2.05, 4.69) is 25.3 Å². The maximum absolute atomic E-state index is 12.1. The lowest BCUT2D eigenvalue weighted by Crippen LogP contribution is -2.26. The Hall–Kier alpha value is -4.37. The molecule has 0 bridgehead atoms. The molecule has 2 aromatic heterocycles. The second-order valence-electron chi connectivity index (χ2n) is 6.76. The van der Waals surface area contributed by atoms with E-state index in [9.17, 15) is 32.7 Å². The number of carboxylic acids is 2. The molecular formula is C19H24F3N7O6. The van der Waals surface area contributed by atoms with E-state index < -0.39 is 24.7 Å². The summed E-state index contributed by atoms with van der Waals surface area (Å²) in [6.07, 6.45) is 2.35. The van der Waals surface area contributed by atoms with Gasteiger partial charge in [-0.1, -0.05) is 6.42 Å². The summed E-state index contributed by atoms with van der Waals surface area (Å²) in [5.74, 6) is -2.29. The van der Waals surface area contributed by atoms with Crippen LogP contribution in [0.1, 0.15) is 25.1 Å². The molecule has 16 heteroatoms. The van der Waals surface area contributed by atoms with Gasteiger partial charge in [-0.2, -0.15) is 13.2 Å².